The number of aryl methyl sites for hydroxylation is 2. The van der Waals surface area contributed by atoms with E-state index in [2.05, 4.69) is 52.5 Å². The van der Waals surface area contributed by atoms with Crippen molar-refractivity contribution < 1.29 is 0 Å². The minimum absolute atomic E-state index is 0.764. The Balaban J connectivity index is 1.68. The van der Waals surface area contributed by atoms with Crippen LogP contribution in [-0.2, 0) is 25.8 Å². The van der Waals surface area contributed by atoms with E-state index in [1.807, 2.05) is 12.1 Å². The van der Waals surface area contributed by atoms with E-state index in [1.54, 1.807) is 0 Å². The van der Waals surface area contributed by atoms with E-state index in [1.165, 1.54) is 16.8 Å². The molecule has 0 bridgehead atoms. The molecular formula is C21H22ClN3. The standard InChI is InChI=1S/C21H22ClN3/c22-18-8-6-17(7-9-18)21-19-10-13-23-14-11-20(19)25(24-21)15-12-16-4-2-1-3-5-16/h1-9,23H,10-15H2. The van der Waals surface area contributed by atoms with Crippen molar-refractivity contribution in [2.75, 3.05) is 13.1 Å². The number of nitrogens with zero attached hydrogens (tertiary/aromatic N) is 2. The molecule has 3 nitrogen and oxygen atoms in total. The third kappa shape index (κ3) is 3.63. The first-order chi connectivity index (χ1) is 12.3. The molecule has 2 aromatic carbocycles. The molecule has 0 saturated heterocycles. The topological polar surface area (TPSA) is 29.9 Å². The molecule has 4 rings (SSSR count). The van der Waals surface area contributed by atoms with Gasteiger partial charge in [-0.15, -0.1) is 0 Å². The number of rotatable bonds is 4. The van der Waals surface area contributed by atoms with Gasteiger partial charge in [0.25, 0.3) is 0 Å². The molecule has 128 valence electrons. The maximum atomic E-state index is 6.06. The number of fused-ring (bicyclic) bond motifs is 1. The van der Waals surface area contributed by atoms with Crippen LogP contribution in [0.3, 0.4) is 0 Å². The molecule has 3 aromatic rings. The second kappa shape index (κ2) is 7.42. The van der Waals surface area contributed by atoms with E-state index in [4.69, 9.17) is 16.7 Å². The summed E-state index contributed by atoms with van der Waals surface area (Å²) in [5.41, 5.74) is 6.39. The van der Waals surface area contributed by atoms with Crippen molar-refractivity contribution in [2.24, 2.45) is 0 Å². The van der Waals surface area contributed by atoms with Crippen molar-refractivity contribution in [2.45, 2.75) is 25.8 Å². The highest BCUT2D eigenvalue weighted by Gasteiger charge is 2.20. The fraction of sp³-hybridized carbons (Fsp3) is 0.286. The van der Waals surface area contributed by atoms with E-state index in [0.29, 0.717) is 0 Å². The molecule has 0 unspecified atom stereocenters. The van der Waals surface area contributed by atoms with E-state index in [0.717, 1.165) is 55.2 Å². The summed E-state index contributed by atoms with van der Waals surface area (Å²) in [6.45, 7) is 2.95. The lowest BCUT2D eigenvalue weighted by Gasteiger charge is -2.07. The first-order valence-electron chi connectivity index (χ1n) is 8.90. The smallest absolute Gasteiger partial charge is 0.0958 e. The van der Waals surface area contributed by atoms with Gasteiger partial charge in [-0.1, -0.05) is 54.1 Å². The summed E-state index contributed by atoms with van der Waals surface area (Å²) in [5, 5.41) is 9.27. The van der Waals surface area contributed by atoms with Gasteiger partial charge in [0.2, 0.25) is 0 Å². The van der Waals surface area contributed by atoms with E-state index < -0.39 is 0 Å². The summed E-state index contributed by atoms with van der Waals surface area (Å²) in [5.74, 6) is 0. The van der Waals surface area contributed by atoms with Gasteiger partial charge in [0.15, 0.2) is 0 Å². The Labute approximate surface area is 153 Å². The lowest BCUT2D eigenvalue weighted by atomic mass is 10.0. The average Bonchev–Trinajstić information content (AvgIpc) is 2.82. The molecule has 0 amide bonds. The quantitative estimate of drug-likeness (QED) is 0.765. The van der Waals surface area contributed by atoms with Gasteiger partial charge >= 0.3 is 0 Å². The molecule has 0 aliphatic carbocycles. The molecule has 1 N–H and O–H groups in total. The lowest BCUT2D eigenvalue weighted by Crippen LogP contribution is -2.17. The van der Waals surface area contributed by atoms with Gasteiger partial charge in [0.05, 0.1) is 5.69 Å². The zero-order valence-electron chi connectivity index (χ0n) is 14.2. The molecule has 1 aromatic heterocycles. The second-order valence-electron chi connectivity index (χ2n) is 6.49. The van der Waals surface area contributed by atoms with Crippen LogP contribution in [-0.4, -0.2) is 22.9 Å². The molecule has 1 aliphatic rings. The van der Waals surface area contributed by atoms with Gasteiger partial charge in [-0.05, 0) is 37.1 Å². The predicted molar refractivity (Wildman–Crippen MR) is 103 cm³/mol. The Morgan fingerprint density at radius 2 is 1.72 bits per heavy atom. The van der Waals surface area contributed by atoms with Gasteiger partial charge < -0.3 is 5.32 Å². The number of halogens is 1. The maximum absolute atomic E-state index is 6.06. The van der Waals surface area contributed by atoms with Crippen LogP contribution in [0.4, 0.5) is 0 Å². The van der Waals surface area contributed by atoms with E-state index >= 15 is 0 Å². The lowest BCUT2D eigenvalue weighted by molar-refractivity contribution is 0.578. The fourth-order valence-corrected chi connectivity index (χ4v) is 3.65. The third-order valence-electron chi connectivity index (χ3n) is 4.83. The highest BCUT2D eigenvalue weighted by atomic mass is 35.5. The molecular weight excluding hydrogens is 330 g/mol. The zero-order chi connectivity index (χ0) is 17.1. The normalized spacial score (nSPS) is 14.1. The van der Waals surface area contributed by atoms with E-state index in [-0.39, 0.29) is 0 Å². The highest BCUT2D eigenvalue weighted by molar-refractivity contribution is 6.30. The Hall–Kier alpha value is -2.10. The maximum Gasteiger partial charge on any atom is 0.0958 e. The van der Waals surface area contributed by atoms with Crippen LogP contribution in [0.25, 0.3) is 11.3 Å². The molecule has 25 heavy (non-hydrogen) atoms. The van der Waals surface area contributed by atoms with Crippen molar-refractivity contribution in [1.82, 2.24) is 15.1 Å². The molecule has 0 radical (unpaired) electrons. The van der Waals surface area contributed by atoms with Crippen LogP contribution >= 0.6 is 11.6 Å². The Morgan fingerprint density at radius 1 is 0.960 bits per heavy atom. The molecule has 0 saturated carbocycles. The molecule has 4 heteroatoms. The van der Waals surface area contributed by atoms with E-state index in [9.17, 15) is 0 Å². The summed E-state index contributed by atoms with van der Waals surface area (Å²) >= 11 is 6.06. The van der Waals surface area contributed by atoms with Crippen molar-refractivity contribution in [3.8, 4) is 11.3 Å². The van der Waals surface area contributed by atoms with Crippen LogP contribution in [0.5, 0.6) is 0 Å². The first-order valence-corrected chi connectivity index (χ1v) is 9.28. The molecule has 0 spiro atoms. The molecule has 0 atom stereocenters. The summed E-state index contributed by atoms with van der Waals surface area (Å²) < 4.78 is 2.22. The third-order valence-corrected chi connectivity index (χ3v) is 5.08. The number of hydrogen-bond acceptors (Lipinski definition) is 2. The molecule has 0 fully saturated rings. The van der Waals surface area contributed by atoms with Crippen LogP contribution in [0.1, 0.15) is 16.8 Å². The van der Waals surface area contributed by atoms with Crippen LogP contribution < -0.4 is 5.32 Å². The summed E-state index contributed by atoms with van der Waals surface area (Å²) in [6, 6.07) is 18.7. The first kappa shape index (κ1) is 16.4. The largest absolute Gasteiger partial charge is 0.316 e. The summed E-state index contributed by atoms with van der Waals surface area (Å²) in [7, 11) is 0. The number of benzene rings is 2. The van der Waals surface area contributed by atoms with Crippen molar-refractivity contribution in [3.63, 3.8) is 0 Å². The SMILES string of the molecule is Clc1ccc(-c2nn(CCc3ccccc3)c3c2CCNCC3)cc1. The van der Waals surface area contributed by atoms with Gasteiger partial charge in [0, 0.05) is 41.4 Å². The van der Waals surface area contributed by atoms with Crippen molar-refractivity contribution >= 4 is 11.6 Å². The monoisotopic (exact) mass is 351 g/mol. The Kier molecular flexibility index (Phi) is 4.86. The Bertz CT molecular complexity index is 838. The zero-order valence-corrected chi connectivity index (χ0v) is 15.0. The molecule has 2 heterocycles. The molecule has 1 aliphatic heterocycles. The minimum Gasteiger partial charge on any atom is -0.316 e. The van der Waals surface area contributed by atoms with Gasteiger partial charge in [-0.3, -0.25) is 4.68 Å². The highest BCUT2D eigenvalue weighted by Crippen LogP contribution is 2.28. The average molecular weight is 352 g/mol. The van der Waals surface area contributed by atoms with Crippen LogP contribution in [0, 0.1) is 0 Å². The second-order valence-corrected chi connectivity index (χ2v) is 6.93. The van der Waals surface area contributed by atoms with Crippen molar-refractivity contribution in [1.29, 1.82) is 0 Å². The predicted octanol–water partition coefficient (Wildman–Crippen LogP) is 4.13. The van der Waals surface area contributed by atoms with Gasteiger partial charge in [-0.2, -0.15) is 5.10 Å². The number of hydrogen-bond donors (Lipinski definition) is 1. The summed E-state index contributed by atoms with van der Waals surface area (Å²) in [6.07, 6.45) is 3.06. The number of aromatic nitrogens is 2. The number of nitrogens with one attached hydrogen (secondary N) is 1. The minimum atomic E-state index is 0.764. The summed E-state index contributed by atoms with van der Waals surface area (Å²) in [4.78, 5) is 0. The van der Waals surface area contributed by atoms with Crippen LogP contribution in [0.2, 0.25) is 5.02 Å². The fourth-order valence-electron chi connectivity index (χ4n) is 3.53. The van der Waals surface area contributed by atoms with Gasteiger partial charge in [-0.25, -0.2) is 0 Å². The van der Waals surface area contributed by atoms with Gasteiger partial charge in [0.1, 0.15) is 0 Å². The Morgan fingerprint density at radius 3 is 2.52 bits per heavy atom. The van der Waals surface area contributed by atoms with Crippen molar-refractivity contribution in [3.05, 3.63) is 76.4 Å². The van der Waals surface area contributed by atoms with Crippen LogP contribution in [0.15, 0.2) is 54.6 Å².